The third-order valence-corrected chi connectivity index (χ3v) is 5.98. The number of hydrogen-bond acceptors (Lipinski definition) is 7. The number of dihydropyridines is 1. The van der Waals surface area contributed by atoms with Crippen molar-refractivity contribution in [1.29, 1.82) is 0 Å². The smallest absolute Gasteiger partial charge is 0.336 e. The number of ether oxygens (including phenoxy) is 3. The zero-order valence-corrected chi connectivity index (χ0v) is 18.6. The van der Waals surface area contributed by atoms with Crippen LogP contribution in [0.1, 0.15) is 37.3 Å². The van der Waals surface area contributed by atoms with E-state index in [1.54, 1.807) is 0 Å². The van der Waals surface area contributed by atoms with Gasteiger partial charge in [0.1, 0.15) is 12.5 Å². The molecule has 0 bridgehead atoms. The maximum atomic E-state index is 13.6. The van der Waals surface area contributed by atoms with Crippen molar-refractivity contribution in [3.05, 3.63) is 57.9 Å². The highest BCUT2D eigenvalue weighted by molar-refractivity contribution is 6.12. The summed E-state index contributed by atoms with van der Waals surface area (Å²) in [5.74, 6) is -3.12. The normalized spacial score (nSPS) is 23.3. The molecule has 2 aliphatic rings. The fraction of sp³-hybridized carbons (Fsp3) is 0.458. The summed E-state index contributed by atoms with van der Waals surface area (Å²) in [6.07, 6.45) is 0.507. The summed E-state index contributed by atoms with van der Waals surface area (Å²) in [6, 6.07) is 7.63. The number of methoxy groups -OCH3 is 2. The van der Waals surface area contributed by atoms with Crippen LogP contribution in [0.3, 0.4) is 0 Å². The third kappa shape index (κ3) is 4.28. The molecule has 1 aromatic rings. The van der Waals surface area contributed by atoms with Crippen molar-refractivity contribution in [2.45, 2.75) is 33.1 Å². The van der Waals surface area contributed by atoms with Crippen LogP contribution in [0, 0.1) is 18.8 Å². The molecule has 0 saturated heterocycles. The van der Waals surface area contributed by atoms with Crippen molar-refractivity contribution in [2.75, 3.05) is 27.4 Å². The quantitative estimate of drug-likeness (QED) is 0.424. The number of ketones is 1. The Labute approximate surface area is 182 Å². The number of carbonyl (C=O) groups excluding carboxylic acids is 3. The molecule has 1 aliphatic carbocycles. The van der Waals surface area contributed by atoms with Gasteiger partial charge in [-0.2, -0.15) is 0 Å². The predicted octanol–water partition coefficient (Wildman–Crippen LogP) is 2.80. The van der Waals surface area contributed by atoms with Gasteiger partial charge in [0, 0.05) is 30.0 Å². The predicted molar refractivity (Wildman–Crippen MR) is 114 cm³/mol. The van der Waals surface area contributed by atoms with E-state index in [1.807, 2.05) is 45.0 Å². The molecule has 0 aromatic heterocycles. The summed E-state index contributed by atoms with van der Waals surface area (Å²) >= 11 is 0. The van der Waals surface area contributed by atoms with Gasteiger partial charge >= 0.3 is 11.9 Å². The van der Waals surface area contributed by atoms with E-state index < -0.39 is 23.8 Å². The Morgan fingerprint density at radius 1 is 1.13 bits per heavy atom. The first-order chi connectivity index (χ1) is 14.8. The lowest BCUT2D eigenvalue weighted by molar-refractivity contribution is -0.151. The number of nitrogens with one attached hydrogen (secondary N) is 1. The maximum Gasteiger partial charge on any atom is 0.336 e. The number of hydrogen-bond donors (Lipinski definition) is 1. The first-order valence-electron chi connectivity index (χ1n) is 10.4. The van der Waals surface area contributed by atoms with Gasteiger partial charge in [0.15, 0.2) is 5.78 Å². The van der Waals surface area contributed by atoms with Gasteiger partial charge in [-0.3, -0.25) is 9.59 Å². The third-order valence-electron chi connectivity index (χ3n) is 5.98. The first-order valence-corrected chi connectivity index (χ1v) is 10.4. The minimum absolute atomic E-state index is 0.105. The monoisotopic (exact) mass is 427 g/mol. The fourth-order valence-electron chi connectivity index (χ4n) is 4.47. The van der Waals surface area contributed by atoms with Gasteiger partial charge < -0.3 is 19.5 Å². The number of benzene rings is 1. The van der Waals surface area contributed by atoms with Crippen LogP contribution in [-0.2, 0) is 28.6 Å². The SMILES string of the molecule is COCCOC(=O)C1=C(C)NC2=C(C(=O)[C@H](C(=O)OC)[C@@H](C)C2)[C@@H]1c1ccccc1C. The lowest BCUT2D eigenvalue weighted by Gasteiger charge is -2.38. The summed E-state index contributed by atoms with van der Waals surface area (Å²) in [5.41, 5.74) is 3.98. The fourth-order valence-corrected chi connectivity index (χ4v) is 4.47. The second kappa shape index (κ2) is 9.47. The highest BCUT2D eigenvalue weighted by Gasteiger charge is 2.47. The van der Waals surface area contributed by atoms with Gasteiger partial charge in [-0.15, -0.1) is 0 Å². The molecule has 0 saturated carbocycles. The summed E-state index contributed by atoms with van der Waals surface area (Å²) in [5, 5.41) is 3.25. The number of rotatable bonds is 6. The second-order valence-corrected chi connectivity index (χ2v) is 8.02. The highest BCUT2D eigenvalue weighted by Crippen LogP contribution is 2.46. The molecular formula is C24H29NO6. The largest absolute Gasteiger partial charge is 0.468 e. The Morgan fingerprint density at radius 2 is 1.84 bits per heavy atom. The topological polar surface area (TPSA) is 90.9 Å². The molecule has 1 heterocycles. The molecule has 0 fully saturated rings. The zero-order valence-electron chi connectivity index (χ0n) is 18.6. The lowest BCUT2D eigenvalue weighted by Crippen LogP contribution is -2.43. The second-order valence-electron chi connectivity index (χ2n) is 8.02. The van der Waals surface area contributed by atoms with Gasteiger partial charge in [-0.1, -0.05) is 31.2 Å². The van der Waals surface area contributed by atoms with Crippen LogP contribution in [0.15, 0.2) is 46.8 Å². The molecule has 7 nitrogen and oxygen atoms in total. The van der Waals surface area contributed by atoms with E-state index in [1.165, 1.54) is 14.2 Å². The molecule has 0 spiro atoms. The van der Waals surface area contributed by atoms with E-state index in [2.05, 4.69) is 5.32 Å². The van der Waals surface area contributed by atoms with Crippen molar-refractivity contribution >= 4 is 17.7 Å². The Kier molecular flexibility index (Phi) is 6.95. The molecule has 3 rings (SSSR count). The lowest BCUT2D eigenvalue weighted by atomic mass is 9.68. The van der Waals surface area contributed by atoms with Crippen LogP contribution in [0.4, 0.5) is 0 Å². The van der Waals surface area contributed by atoms with Gasteiger partial charge in [0.05, 0.1) is 19.3 Å². The van der Waals surface area contributed by atoms with Crippen LogP contribution in [-0.4, -0.2) is 45.2 Å². The summed E-state index contributed by atoms with van der Waals surface area (Å²) < 4.78 is 15.3. The van der Waals surface area contributed by atoms with E-state index in [-0.39, 0.29) is 24.9 Å². The van der Waals surface area contributed by atoms with Gasteiger partial charge in [-0.25, -0.2) is 4.79 Å². The van der Waals surface area contributed by atoms with Crippen LogP contribution in [0.2, 0.25) is 0 Å². The van der Waals surface area contributed by atoms with Crippen molar-refractivity contribution in [1.82, 2.24) is 5.32 Å². The van der Waals surface area contributed by atoms with Crippen molar-refractivity contribution in [3.8, 4) is 0 Å². The van der Waals surface area contributed by atoms with E-state index >= 15 is 0 Å². The van der Waals surface area contributed by atoms with Gasteiger partial charge in [-0.05, 0) is 37.3 Å². The molecule has 166 valence electrons. The Hall–Kier alpha value is -2.93. The molecule has 31 heavy (non-hydrogen) atoms. The average Bonchev–Trinajstić information content (AvgIpc) is 2.73. The van der Waals surface area contributed by atoms with E-state index in [4.69, 9.17) is 14.2 Å². The van der Waals surface area contributed by atoms with Crippen molar-refractivity contribution < 1.29 is 28.6 Å². The molecule has 0 amide bonds. The minimum atomic E-state index is -0.902. The molecular weight excluding hydrogens is 398 g/mol. The summed E-state index contributed by atoms with van der Waals surface area (Å²) in [7, 11) is 2.81. The van der Waals surface area contributed by atoms with Crippen LogP contribution in [0.25, 0.3) is 0 Å². The molecule has 1 aliphatic heterocycles. The Morgan fingerprint density at radius 3 is 2.48 bits per heavy atom. The molecule has 7 heteroatoms. The van der Waals surface area contributed by atoms with E-state index in [9.17, 15) is 14.4 Å². The Balaban J connectivity index is 2.14. The number of aryl methyl sites for hydroxylation is 1. The molecule has 3 atom stereocenters. The van der Waals surface area contributed by atoms with Gasteiger partial charge in [0.25, 0.3) is 0 Å². The van der Waals surface area contributed by atoms with Crippen LogP contribution < -0.4 is 5.32 Å². The Bertz CT molecular complexity index is 961. The zero-order chi connectivity index (χ0) is 22.7. The van der Waals surface area contributed by atoms with Crippen molar-refractivity contribution in [2.24, 2.45) is 11.8 Å². The number of Topliss-reactive ketones (excluding diaryl/α,β-unsaturated/α-hetero) is 1. The van der Waals surface area contributed by atoms with Crippen LogP contribution in [0.5, 0.6) is 0 Å². The molecule has 1 N–H and O–H groups in total. The molecule has 0 radical (unpaired) electrons. The van der Waals surface area contributed by atoms with Crippen molar-refractivity contribution in [3.63, 3.8) is 0 Å². The molecule has 0 unspecified atom stereocenters. The maximum absolute atomic E-state index is 13.6. The standard InChI is InChI=1S/C24H29NO6/c1-13-8-6-7-9-16(13)20-19(24(28)31-11-10-29-4)15(3)25-17-12-14(2)18(23(27)30-5)22(26)21(17)20/h6-9,14,18,20,25H,10-12H2,1-5H3/t14-,18+,20+/m0/s1. The number of carbonyl (C=O) groups is 3. The average molecular weight is 427 g/mol. The van der Waals surface area contributed by atoms with E-state index in [0.717, 1.165) is 16.8 Å². The number of allylic oxidation sites excluding steroid dienone is 3. The summed E-state index contributed by atoms with van der Waals surface area (Å²) in [6.45, 7) is 5.99. The number of esters is 2. The summed E-state index contributed by atoms with van der Waals surface area (Å²) in [4.78, 5) is 39.1. The van der Waals surface area contributed by atoms with Gasteiger partial charge in [0.2, 0.25) is 0 Å². The molecule has 1 aromatic carbocycles. The highest BCUT2D eigenvalue weighted by atomic mass is 16.6. The first kappa shape index (κ1) is 22.7. The minimum Gasteiger partial charge on any atom is -0.468 e. The van der Waals surface area contributed by atoms with E-state index in [0.29, 0.717) is 23.3 Å². The van der Waals surface area contributed by atoms with Crippen LogP contribution >= 0.6 is 0 Å².